The van der Waals surface area contributed by atoms with Crippen LogP contribution in [-0.4, -0.2) is 82.1 Å². The summed E-state index contributed by atoms with van der Waals surface area (Å²) in [4.78, 5) is 41.8. The molecule has 2 atom stereocenters. The standard InChI is InChI=1S/C27H32N8O2/c1-32-12-16-14-34(15-17(16)13-32)27-29-11-19-23(36)22(25(37)30-18-7-9-28-10-8-18)26-33(2)20-5-3-4-6-21(20)35(26)24(19)31-27/h3-6,11,16-18,28H,7-10,12-15H2,1-2H3,(H,30,37). The fourth-order valence-electron chi connectivity index (χ4n) is 6.71. The minimum atomic E-state index is -0.331. The van der Waals surface area contributed by atoms with E-state index in [9.17, 15) is 9.59 Å². The summed E-state index contributed by atoms with van der Waals surface area (Å²) in [5.41, 5.74) is 2.79. The maximum Gasteiger partial charge on any atom is 0.259 e. The Balaban J connectivity index is 1.41. The number of likely N-dealkylation sites (tertiary alicyclic amines) is 1. The van der Waals surface area contributed by atoms with Gasteiger partial charge in [0.1, 0.15) is 11.2 Å². The molecule has 3 saturated heterocycles. The molecule has 0 saturated carbocycles. The van der Waals surface area contributed by atoms with E-state index in [0.29, 0.717) is 34.5 Å². The highest BCUT2D eigenvalue weighted by Gasteiger charge is 2.39. The Hall–Kier alpha value is -3.50. The molecule has 3 fully saturated rings. The van der Waals surface area contributed by atoms with Crippen LogP contribution in [-0.2, 0) is 7.05 Å². The second kappa shape index (κ2) is 8.53. The van der Waals surface area contributed by atoms with E-state index < -0.39 is 0 Å². The van der Waals surface area contributed by atoms with E-state index in [2.05, 4.69) is 32.5 Å². The van der Waals surface area contributed by atoms with Gasteiger partial charge in [0.05, 0.1) is 16.4 Å². The zero-order valence-electron chi connectivity index (χ0n) is 21.3. The van der Waals surface area contributed by atoms with E-state index in [-0.39, 0.29) is 22.9 Å². The van der Waals surface area contributed by atoms with Crippen molar-refractivity contribution in [3.8, 4) is 0 Å². The van der Waals surface area contributed by atoms with Gasteiger partial charge in [-0.15, -0.1) is 0 Å². The van der Waals surface area contributed by atoms with Gasteiger partial charge in [-0.05, 0) is 56.9 Å². The first-order valence-corrected chi connectivity index (χ1v) is 13.2. The lowest BCUT2D eigenvalue weighted by Crippen LogP contribution is -2.44. The monoisotopic (exact) mass is 500 g/mol. The third-order valence-electron chi connectivity index (χ3n) is 8.53. The zero-order valence-corrected chi connectivity index (χ0v) is 21.3. The largest absolute Gasteiger partial charge is 0.349 e. The van der Waals surface area contributed by atoms with Gasteiger partial charge in [-0.3, -0.25) is 14.0 Å². The minimum absolute atomic E-state index is 0.0471. The van der Waals surface area contributed by atoms with Crippen LogP contribution in [0.4, 0.5) is 5.95 Å². The number of benzene rings is 1. The highest BCUT2D eigenvalue weighted by Crippen LogP contribution is 2.33. The van der Waals surface area contributed by atoms with Crippen LogP contribution >= 0.6 is 0 Å². The van der Waals surface area contributed by atoms with Gasteiger partial charge in [0.25, 0.3) is 5.91 Å². The average Bonchev–Trinajstić information content (AvgIpc) is 3.54. The normalized spacial score (nSPS) is 22.9. The van der Waals surface area contributed by atoms with Crippen molar-refractivity contribution in [2.24, 2.45) is 18.9 Å². The van der Waals surface area contributed by atoms with Gasteiger partial charge in [-0.1, -0.05) is 12.1 Å². The number of nitrogens with zero attached hydrogens (tertiary/aromatic N) is 6. The number of carbonyl (C=O) groups is 1. The predicted octanol–water partition coefficient (Wildman–Crippen LogP) is 1.21. The van der Waals surface area contributed by atoms with Gasteiger partial charge in [-0.25, -0.2) is 4.98 Å². The molecule has 10 heteroatoms. The summed E-state index contributed by atoms with van der Waals surface area (Å²) in [5.74, 6) is 1.55. The van der Waals surface area contributed by atoms with Crippen LogP contribution in [0.1, 0.15) is 23.2 Å². The molecule has 6 heterocycles. The highest BCUT2D eigenvalue weighted by atomic mass is 16.2. The third-order valence-corrected chi connectivity index (χ3v) is 8.53. The first-order chi connectivity index (χ1) is 18.0. The number of imidazole rings is 1. The van der Waals surface area contributed by atoms with Crippen LogP contribution in [0.2, 0.25) is 0 Å². The molecule has 3 aliphatic rings. The summed E-state index contributed by atoms with van der Waals surface area (Å²) >= 11 is 0. The Bertz CT molecular complexity index is 1590. The molecule has 1 amide bonds. The summed E-state index contributed by atoms with van der Waals surface area (Å²) in [7, 11) is 4.09. The van der Waals surface area contributed by atoms with Crippen LogP contribution in [0.5, 0.6) is 0 Å². The summed E-state index contributed by atoms with van der Waals surface area (Å²) in [5, 5.41) is 6.81. The Morgan fingerprint density at radius 1 is 1.03 bits per heavy atom. The number of hydrogen-bond acceptors (Lipinski definition) is 7. The molecule has 2 N–H and O–H groups in total. The summed E-state index contributed by atoms with van der Waals surface area (Å²) < 4.78 is 3.91. The van der Waals surface area contributed by atoms with E-state index in [1.807, 2.05) is 40.3 Å². The quantitative estimate of drug-likeness (QED) is 0.436. The minimum Gasteiger partial charge on any atom is -0.349 e. The second-order valence-corrected chi connectivity index (χ2v) is 11.0. The average molecular weight is 501 g/mol. The van der Waals surface area contributed by atoms with Crippen molar-refractivity contribution in [3.05, 3.63) is 46.2 Å². The molecule has 1 aromatic carbocycles. The number of aromatic nitrogens is 4. The number of nitrogens with one attached hydrogen (secondary N) is 2. The van der Waals surface area contributed by atoms with Crippen LogP contribution in [0.15, 0.2) is 35.3 Å². The number of aryl methyl sites for hydroxylation is 1. The third kappa shape index (κ3) is 3.53. The number of pyridine rings is 1. The molecule has 0 radical (unpaired) electrons. The lowest BCUT2D eigenvalue weighted by molar-refractivity contribution is 0.0929. The van der Waals surface area contributed by atoms with Gasteiger partial charge >= 0.3 is 0 Å². The van der Waals surface area contributed by atoms with Crippen LogP contribution in [0, 0.1) is 11.8 Å². The lowest BCUT2D eigenvalue weighted by atomic mass is 10.0. The van der Waals surface area contributed by atoms with E-state index in [0.717, 1.165) is 63.1 Å². The molecular formula is C27H32N8O2. The van der Waals surface area contributed by atoms with Crippen molar-refractivity contribution < 1.29 is 4.79 Å². The Labute approximate surface area is 214 Å². The Morgan fingerprint density at radius 2 is 1.73 bits per heavy atom. The van der Waals surface area contributed by atoms with Crippen molar-refractivity contribution in [1.29, 1.82) is 0 Å². The van der Waals surface area contributed by atoms with Gasteiger partial charge in [0.15, 0.2) is 5.65 Å². The fraction of sp³-hybridized carbons (Fsp3) is 0.481. The molecule has 0 bridgehead atoms. The van der Waals surface area contributed by atoms with E-state index in [4.69, 9.17) is 4.98 Å². The topological polar surface area (TPSA) is 99.8 Å². The van der Waals surface area contributed by atoms with Gasteiger partial charge in [0, 0.05) is 45.5 Å². The number of fused-ring (bicyclic) bond motifs is 6. The van der Waals surface area contributed by atoms with E-state index in [1.54, 1.807) is 6.20 Å². The number of carbonyl (C=O) groups excluding carboxylic acids is 1. The molecule has 2 unspecified atom stereocenters. The molecule has 4 aromatic rings. The first kappa shape index (κ1) is 22.7. The molecule has 10 nitrogen and oxygen atoms in total. The smallest absolute Gasteiger partial charge is 0.259 e. The van der Waals surface area contributed by atoms with Crippen molar-refractivity contribution in [2.75, 3.05) is 51.2 Å². The number of para-hydroxylation sites is 2. The lowest BCUT2D eigenvalue weighted by Gasteiger charge is -2.24. The van der Waals surface area contributed by atoms with Crippen molar-refractivity contribution in [3.63, 3.8) is 0 Å². The fourth-order valence-corrected chi connectivity index (χ4v) is 6.71. The molecule has 0 spiro atoms. The van der Waals surface area contributed by atoms with Gasteiger partial charge < -0.3 is 25.0 Å². The summed E-state index contributed by atoms with van der Waals surface area (Å²) in [6.07, 6.45) is 3.31. The predicted molar refractivity (Wildman–Crippen MR) is 143 cm³/mol. The number of rotatable bonds is 3. The van der Waals surface area contributed by atoms with E-state index in [1.165, 1.54) is 0 Å². The highest BCUT2D eigenvalue weighted by molar-refractivity contribution is 6.05. The Kier molecular flexibility index (Phi) is 5.23. The van der Waals surface area contributed by atoms with Crippen molar-refractivity contribution in [2.45, 2.75) is 18.9 Å². The molecule has 37 heavy (non-hydrogen) atoms. The summed E-state index contributed by atoms with van der Waals surface area (Å²) in [6, 6.07) is 8.01. The summed E-state index contributed by atoms with van der Waals surface area (Å²) in [6.45, 7) is 5.75. The van der Waals surface area contributed by atoms with Crippen LogP contribution in [0.25, 0.3) is 27.7 Å². The van der Waals surface area contributed by atoms with Crippen LogP contribution < -0.4 is 21.0 Å². The van der Waals surface area contributed by atoms with Crippen LogP contribution in [0.3, 0.4) is 0 Å². The number of anilines is 1. The van der Waals surface area contributed by atoms with Crippen molar-refractivity contribution >= 4 is 39.6 Å². The molecule has 192 valence electrons. The molecule has 0 aliphatic carbocycles. The number of amides is 1. The Morgan fingerprint density at radius 3 is 2.46 bits per heavy atom. The molecule has 3 aromatic heterocycles. The maximum atomic E-state index is 13.9. The van der Waals surface area contributed by atoms with E-state index >= 15 is 0 Å². The number of piperidine rings is 1. The first-order valence-electron chi connectivity index (χ1n) is 13.2. The van der Waals surface area contributed by atoms with Crippen molar-refractivity contribution in [1.82, 2.24) is 34.5 Å². The SMILES string of the molecule is CN1CC2CN(c3ncc4c(=O)c(C(=O)NC5CCNCC5)c5n(C)c6ccccc6n5c4n3)CC2C1. The molecular weight excluding hydrogens is 468 g/mol. The number of hydrogen-bond donors (Lipinski definition) is 2. The maximum absolute atomic E-state index is 13.9. The van der Waals surface area contributed by atoms with Gasteiger partial charge in [0.2, 0.25) is 11.4 Å². The second-order valence-electron chi connectivity index (χ2n) is 11.0. The van der Waals surface area contributed by atoms with Gasteiger partial charge in [-0.2, -0.15) is 4.98 Å². The molecule has 7 rings (SSSR count). The zero-order chi connectivity index (χ0) is 25.3. The molecule has 3 aliphatic heterocycles.